The van der Waals surface area contributed by atoms with Crippen LogP contribution >= 0.6 is 11.6 Å². The lowest BCUT2D eigenvalue weighted by Gasteiger charge is -2.19. The number of nitrogens with zero attached hydrogens (tertiary/aromatic N) is 2. The molecule has 0 fully saturated rings. The fraction of sp³-hybridized carbons (Fsp3) is 0.176. The number of benzene rings is 2. The summed E-state index contributed by atoms with van der Waals surface area (Å²) in [5.41, 5.74) is 1.57. The van der Waals surface area contributed by atoms with Crippen molar-refractivity contribution in [2.75, 3.05) is 7.11 Å². The zero-order chi connectivity index (χ0) is 16.4. The standard InChI is InChI=1S/C17H15ClN2O3/c1-11(21)20-17(13-5-9-15(22-2)10-6-13)23-16(19-20)12-3-7-14(18)8-4-12/h3-10,17H,1-2H3/t17-/m1/s1. The maximum absolute atomic E-state index is 11.9. The average Bonchev–Trinajstić information content (AvgIpc) is 3.01. The first-order valence-electron chi connectivity index (χ1n) is 7.03. The van der Waals surface area contributed by atoms with Crippen LogP contribution in [0.4, 0.5) is 0 Å². The van der Waals surface area contributed by atoms with Gasteiger partial charge < -0.3 is 9.47 Å². The number of hydrogen-bond donors (Lipinski definition) is 0. The van der Waals surface area contributed by atoms with E-state index in [4.69, 9.17) is 21.1 Å². The molecule has 0 saturated heterocycles. The summed E-state index contributed by atoms with van der Waals surface area (Å²) in [6.45, 7) is 1.45. The quantitative estimate of drug-likeness (QED) is 0.864. The molecule has 1 amide bonds. The molecule has 0 aromatic heterocycles. The highest BCUT2D eigenvalue weighted by molar-refractivity contribution is 6.30. The summed E-state index contributed by atoms with van der Waals surface area (Å²) >= 11 is 5.89. The number of carbonyl (C=O) groups is 1. The normalized spacial score (nSPS) is 16.7. The minimum atomic E-state index is -0.593. The van der Waals surface area contributed by atoms with E-state index in [1.165, 1.54) is 11.9 Å². The molecular formula is C17H15ClN2O3. The van der Waals surface area contributed by atoms with Gasteiger partial charge in [0.25, 0.3) is 0 Å². The molecule has 0 saturated carbocycles. The fourth-order valence-electron chi connectivity index (χ4n) is 2.26. The summed E-state index contributed by atoms with van der Waals surface area (Å²) in [6.07, 6.45) is -0.593. The smallest absolute Gasteiger partial charge is 0.243 e. The van der Waals surface area contributed by atoms with Gasteiger partial charge in [-0.2, -0.15) is 5.01 Å². The molecule has 1 aliphatic heterocycles. The summed E-state index contributed by atoms with van der Waals surface area (Å²) in [5, 5.41) is 6.24. The highest BCUT2D eigenvalue weighted by Gasteiger charge is 2.32. The largest absolute Gasteiger partial charge is 0.497 e. The van der Waals surface area contributed by atoms with Crippen molar-refractivity contribution >= 4 is 23.4 Å². The lowest BCUT2D eigenvalue weighted by Crippen LogP contribution is -2.25. The number of hydrogen-bond acceptors (Lipinski definition) is 4. The highest BCUT2D eigenvalue weighted by atomic mass is 35.5. The Balaban J connectivity index is 1.90. The van der Waals surface area contributed by atoms with E-state index in [9.17, 15) is 4.79 Å². The van der Waals surface area contributed by atoms with Crippen molar-refractivity contribution < 1.29 is 14.3 Å². The van der Waals surface area contributed by atoms with E-state index < -0.39 is 6.23 Å². The summed E-state index contributed by atoms with van der Waals surface area (Å²) < 4.78 is 11.0. The zero-order valence-corrected chi connectivity index (χ0v) is 13.4. The number of hydrazone groups is 1. The molecule has 3 rings (SSSR count). The predicted octanol–water partition coefficient (Wildman–Crippen LogP) is 3.59. The summed E-state index contributed by atoms with van der Waals surface area (Å²) in [6, 6.07) is 14.4. The summed E-state index contributed by atoms with van der Waals surface area (Å²) in [5.74, 6) is 0.924. The van der Waals surface area contributed by atoms with Crippen LogP contribution in [0.15, 0.2) is 53.6 Å². The van der Waals surface area contributed by atoms with E-state index in [0.29, 0.717) is 10.9 Å². The number of rotatable bonds is 3. The van der Waals surface area contributed by atoms with Crippen molar-refractivity contribution in [2.45, 2.75) is 13.2 Å². The summed E-state index contributed by atoms with van der Waals surface area (Å²) in [4.78, 5) is 11.9. The van der Waals surface area contributed by atoms with Gasteiger partial charge in [-0.25, -0.2) is 0 Å². The SMILES string of the molecule is COc1ccc([C@H]2OC(c3ccc(Cl)cc3)=NN2C(C)=O)cc1. The molecule has 0 N–H and O–H groups in total. The predicted molar refractivity (Wildman–Crippen MR) is 87.3 cm³/mol. The van der Waals surface area contributed by atoms with Gasteiger partial charge in [-0.15, -0.1) is 5.10 Å². The first-order chi connectivity index (χ1) is 11.1. The minimum Gasteiger partial charge on any atom is -0.497 e. The van der Waals surface area contributed by atoms with Gasteiger partial charge in [0.15, 0.2) is 0 Å². The van der Waals surface area contributed by atoms with E-state index in [1.807, 2.05) is 24.3 Å². The van der Waals surface area contributed by atoms with Crippen molar-refractivity contribution in [2.24, 2.45) is 5.10 Å². The number of methoxy groups -OCH3 is 1. The molecule has 0 unspecified atom stereocenters. The Kier molecular flexibility index (Phi) is 4.21. The molecule has 0 spiro atoms. The number of amides is 1. The lowest BCUT2D eigenvalue weighted by molar-refractivity contribution is -0.135. The van der Waals surface area contributed by atoms with Gasteiger partial charge >= 0.3 is 0 Å². The number of halogens is 1. The Morgan fingerprint density at radius 1 is 1.17 bits per heavy atom. The molecule has 118 valence electrons. The maximum atomic E-state index is 11.9. The van der Waals surface area contributed by atoms with Gasteiger partial charge in [0.1, 0.15) is 5.75 Å². The lowest BCUT2D eigenvalue weighted by atomic mass is 10.2. The van der Waals surface area contributed by atoms with Gasteiger partial charge in [0.05, 0.1) is 7.11 Å². The van der Waals surface area contributed by atoms with Crippen LogP contribution in [-0.4, -0.2) is 23.9 Å². The van der Waals surface area contributed by atoms with E-state index in [0.717, 1.165) is 16.9 Å². The van der Waals surface area contributed by atoms with Crippen molar-refractivity contribution in [3.05, 3.63) is 64.7 Å². The van der Waals surface area contributed by atoms with Crippen LogP contribution in [0.25, 0.3) is 0 Å². The second-order valence-corrected chi connectivity index (χ2v) is 5.46. The monoisotopic (exact) mass is 330 g/mol. The third-order valence-electron chi connectivity index (χ3n) is 3.46. The van der Waals surface area contributed by atoms with Crippen LogP contribution in [0.3, 0.4) is 0 Å². The molecular weight excluding hydrogens is 316 g/mol. The van der Waals surface area contributed by atoms with Gasteiger partial charge in [-0.3, -0.25) is 4.79 Å². The van der Waals surface area contributed by atoms with Crippen LogP contribution < -0.4 is 4.74 Å². The zero-order valence-electron chi connectivity index (χ0n) is 12.7. The average molecular weight is 331 g/mol. The van der Waals surface area contributed by atoms with Crippen LogP contribution in [0.5, 0.6) is 5.75 Å². The van der Waals surface area contributed by atoms with E-state index in [1.54, 1.807) is 31.4 Å². The first-order valence-corrected chi connectivity index (χ1v) is 7.41. The molecule has 2 aromatic carbocycles. The molecule has 6 heteroatoms. The van der Waals surface area contributed by atoms with Gasteiger partial charge in [0.2, 0.25) is 18.0 Å². The van der Waals surface area contributed by atoms with E-state index >= 15 is 0 Å². The minimum absolute atomic E-state index is 0.199. The Hall–Kier alpha value is -2.53. The molecule has 0 aliphatic carbocycles. The molecule has 0 bridgehead atoms. The molecule has 0 radical (unpaired) electrons. The molecule has 1 atom stereocenters. The van der Waals surface area contributed by atoms with Crippen molar-refractivity contribution in [3.63, 3.8) is 0 Å². The van der Waals surface area contributed by atoms with E-state index in [2.05, 4.69) is 5.10 Å². The van der Waals surface area contributed by atoms with Crippen molar-refractivity contribution in [1.82, 2.24) is 5.01 Å². The third kappa shape index (κ3) is 3.14. The maximum Gasteiger partial charge on any atom is 0.243 e. The molecule has 1 aliphatic rings. The topological polar surface area (TPSA) is 51.1 Å². The van der Waals surface area contributed by atoms with Gasteiger partial charge in [0, 0.05) is 23.1 Å². The fourth-order valence-corrected chi connectivity index (χ4v) is 2.39. The second-order valence-electron chi connectivity index (χ2n) is 5.02. The Morgan fingerprint density at radius 2 is 1.83 bits per heavy atom. The molecule has 1 heterocycles. The van der Waals surface area contributed by atoms with Crippen molar-refractivity contribution in [1.29, 1.82) is 0 Å². The Morgan fingerprint density at radius 3 is 2.39 bits per heavy atom. The number of carbonyl (C=O) groups excluding carboxylic acids is 1. The van der Waals surface area contributed by atoms with Crippen LogP contribution in [-0.2, 0) is 9.53 Å². The summed E-state index contributed by atoms with van der Waals surface area (Å²) in [7, 11) is 1.60. The highest BCUT2D eigenvalue weighted by Crippen LogP contribution is 2.31. The van der Waals surface area contributed by atoms with Gasteiger partial charge in [-0.1, -0.05) is 11.6 Å². The molecule has 5 nitrogen and oxygen atoms in total. The van der Waals surface area contributed by atoms with Crippen LogP contribution in [0.2, 0.25) is 5.02 Å². The van der Waals surface area contributed by atoms with Crippen molar-refractivity contribution in [3.8, 4) is 5.75 Å². The second kappa shape index (κ2) is 6.30. The molecule has 23 heavy (non-hydrogen) atoms. The molecule has 2 aromatic rings. The van der Waals surface area contributed by atoms with Gasteiger partial charge in [-0.05, 0) is 48.5 Å². The first kappa shape index (κ1) is 15.4. The third-order valence-corrected chi connectivity index (χ3v) is 3.71. The van der Waals surface area contributed by atoms with E-state index in [-0.39, 0.29) is 5.91 Å². The Labute approximate surface area is 139 Å². The number of ether oxygens (including phenoxy) is 2. The van der Waals surface area contributed by atoms with Crippen LogP contribution in [0, 0.1) is 0 Å². The van der Waals surface area contributed by atoms with Crippen LogP contribution in [0.1, 0.15) is 24.3 Å². The Bertz CT molecular complexity index is 741.